The Labute approximate surface area is 119 Å². The molecule has 0 aromatic heterocycles. The SMILES string of the molecule is C=C(/N=C1\C(=C(\C)N)C=CC(=O)N1C(C)C)S(C)(=O)=O. The summed E-state index contributed by atoms with van der Waals surface area (Å²) in [7, 11) is -3.53. The Hall–Kier alpha value is -1.89. The average molecular weight is 297 g/mol. The van der Waals surface area contributed by atoms with Crippen LogP contribution in [0.25, 0.3) is 0 Å². The molecule has 0 spiro atoms. The summed E-state index contributed by atoms with van der Waals surface area (Å²) in [4.78, 5) is 17.4. The maximum atomic E-state index is 12.0. The molecule has 0 saturated heterocycles. The van der Waals surface area contributed by atoms with Crippen LogP contribution in [0.1, 0.15) is 20.8 Å². The summed E-state index contributed by atoms with van der Waals surface area (Å²) in [6.07, 6.45) is 3.93. The van der Waals surface area contributed by atoms with Gasteiger partial charge in [-0.1, -0.05) is 6.58 Å². The smallest absolute Gasteiger partial charge is 0.252 e. The highest BCUT2D eigenvalue weighted by atomic mass is 32.2. The number of sulfone groups is 1. The number of rotatable bonds is 3. The molecular formula is C13H19N3O3S. The Balaban J connectivity index is 3.52. The van der Waals surface area contributed by atoms with Gasteiger partial charge >= 0.3 is 0 Å². The van der Waals surface area contributed by atoms with Gasteiger partial charge in [-0.15, -0.1) is 0 Å². The maximum Gasteiger partial charge on any atom is 0.252 e. The molecule has 2 N–H and O–H groups in total. The van der Waals surface area contributed by atoms with E-state index in [9.17, 15) is 13.2 Å². The molecule has 1 amide bonds. The second-order valence-corrected chi connectivity index (χ2v) is 6.85. The molecule has 1 aliphatic rings. The van der Waals surface area contributed by atoms with E-state index >= 15 is 0 Å². The van der Waals surface area contributed by atoms with Gasteiger partial charge in [0.2, 0.25) is 0 Å². The molecule has 0 unspecified atom stereocenters. The average Bonchev–Trinajstić information content (AvgIpc) is 2.26. The van der Waals surface area contributed by atoms with Crippen LogP contribution < -0.4 is 5.73 Å². The van der Waals surface area contributed by atoms with Crippen LogP contribution in [0.3, 0.4) is 0 Å². The zero-order valence-corrected chi connectivity index (χ0v) is 12.9. The number of nitrogens with zero attached hydrogens (tertiary/aromatic N) is 2. The van der Waals surface area contributed by atoms with Crippen LogP contribution in [0, 0.1) is 0 Å². The van der Waals surface area contributed by atoms with E-state index in [1.54, 1.807) is 20.8 Å². The van der Waals surface area contributed by atoms with Crippen molar-refractivity contribution in [2.75, 3.05) is 6.26 Å². The lowest BCUT2D eigenvalue weighted by molar-refractivity contribution is -0.123. The van der Waals surface area contributed by atoms with E-state index < -0.39 is 9.84 Å². The predicted molar refractivity (Wildman–Crippen MR) is 79.4 cm³/mol. The predicted octanol–water partition coefficient (Wildman–Crippen LogP) is 0.940. The number of allylic oxidation sites excluding steroid dienone is 1. The van der Waals surface area contributed by atoms with Gasteiger partial charge in [0.1, 0.15) is 10.9 Å². The Morgan fingerprint density at radius 1 is 1.40 bits per heavy atom. The lowest BCUT2D eigenvalue weighted by atomic mass is 10.1. The zero-order chi connectivity index (χ0) is 15.7. The van der Waals surface area contributed by atoms with Crippen molar-refractivity contribution >= 4 is 21.6 Å². The van der Waals surface area contributed by atoms with Crippen LogP contribution in [0.5, 0.6) is 0 Å². The van der Waals surface area contributed by atoms with Gasteiger partial charge in [-0.3, -0.25) is 9.69 Å². The molecule has 0 aromatic rings. The highest BCUT2D eigenvalue weighted by molar-refractivity contribution is 7.94. The normalized spacial score (nSPS) is 20.8. The van der Waals surface area contributed by atoms with Gasteiger partial charge in [0.25, 0.3) is 5.91 Å². The third-order valence-corrected chi connectivity index (χ3v) is 3.65. The van der Waals surface area contributed by atoms with Gasteiger partial charge in [-0.2, -0.15) is 0 Å². The van der Waals surface area contributed by atoms with Crippen molar-refractivity contribution in [1.82, 2.24) is 4.90 Å². The minimum absolute atomic E-state index is 0.187. The first-order chi connectivity index (χ1) is 9.05. The van der Waals surface area contributed by atoms with Crippen molar-refractivity contribution in [2.24, 2.45) is 10.7 Å². The van der Waals surface area contributed by atoms with Crippen LogP contribution >= 0.6 is 0 Å². The monoisotopic (exact) mass is 297 g/mol. The van der Waals surface area contributed by atoms with Crippen LogP contribution in [-0.4, -0.2) is 37.4 Å². The van der Waals surface area contributed by atoms with E-state index in [-0.39, 0.29) is 22.8 Å². The number of carbonyl (C=O) groups is 1. The van der Waals surface area contributed by atoms with Gasteiger partial charge in [0.05, 0.1) is 0 Å². The summed E-state index contributed by atoms with van der Waals surface area (Å²) in [5, 5.41) is -0.306. The Kier molecular flexibility index (Phi) is 4.54. The molecule has 6 nitrogen and oxygen atoms in total. The molecule has 0 fully saturated rings. The van der Waals surface area contributed by atoms with E-state index in [0.29, 0.717) is 11.3 Å². The summed E-state index contributed by atoms with van der Waals surface area (Å²) in [5.74, 6) is -0.0621. The molecule has 1 aliphatic heterocycles. The Morgan fingerprint density at radius 2 is 1.95 bits per heavy atom. The molecule has 0 bridgehead atoms. The first-order valence-electron chi connectivity index (χ1n) is 6.01. The summed E-state index contributed by atoms with van der Waals surface area (Å²) in [6, 6.07) is -0.187. The second kappa shape index (κ2) is 5.62. The molecular weight excluding hydrogens is 278 g/mol. The minimum Gasteiger partial charge on any atom is -0.402 e. The van der Waals surface area contributed by atoms with Crippen molar-refractivity contribution in [1.29, 1.82) is 0 Å². The first-order valence-corrected chi connectivity index (χ1v) is 7.90. The van der Waals surface area contributed by atoms with Gasteiger partial charge in [-0.25, -0.2) is 13.4 Å². The molecule has 7 heteroatoms. The minimum atomic E-state index is -3.53. The van der Waals surface area contributed by atoms with Crippen LogP contribution in [0.2, 0.25) is 0 Å². The molecule has 1 rings (SSSR count). The number of nitrogens with two attached hydrogens (primary N) is 1. The molecule has 0 atom stereocenters. The molecule has 0 saturated carbocycles. The van der Waals surface area contributed by atoms with Gasteiger partial charge in [0.15, 0.2) is 9.84 Å². The van der Waals surface area contributed by atoms with Crippen molar-refractivity contribution in [2.45, 2.75) is 26.8 Å². The van der Waals surface area contributed by atoms with Crippen molar-refractivity contribution in [3.63, 3.8) is 0 Å². The van der Waals surface area contributed by atoms with Crippen LogP contribution in [0.4, 0.5) is 0 Å². The Bertz CT molecular complexity index is 636. The first kappa shape index (κ1) is 16.2. The molecule has 0 aromatic carbocycles. The number of aliphatic imine (C=N–C) groups is 1. The molecule has 1 heterocycles. The molecule has 20 heavy (non-hydrogen) atoms. The van der Waals surface area contributed by atoms with E-state index in [0.717, 1.165) is 6.26 Å². The molecule has 0 radical (unpaired) electrons. The zero-order valence-electron chi connectivity index (χ0n) is 12.0. The fourth-order valence-corrected chi connectivity index (χ4v) is 1.92. The van der Waals surface area contributed by atoms with E-state index in [1.165, 1.54) is 17.1 Å². The summed E-state index contributed by atoms with van der Waals surface area (Å²) in [5.41, 5.74) is 6.74. The van der Waals surface area contributed by atoms with Crippen LogP contribution in [-0.2, 0) is 14.6 Å². The fraction of sp³-hybridized carbons (Fsp3) is 0.385. The second-order valence-electron chi connectivity index (χ2n) is 4.83. The fourth-order valence-electron chi connectivity index (χ4n) is 1.67. The lowest BCUT2D eigenvalue weighted by Gasteiger charge is -2.30. The van der Waals surface area contributed by atoms with E-state index in [1.807, 2.05) is 0 Å². The van der Waals surface area contributed by atoms with Gasteiger partial charge in [-0.05, 0) is 26.8 Å². The number of amides is 1. The van der Waals surface area contributed by atoms with Crippen molar-refractivity contribution < 1.29 is 13.2 Å². The lowest BCUT2D eigenvalue weighted by Crippen LogP contribution is -2.44. The number of hydrogen-bond donors (Lipinski definition) is 1. The maximum absolute atomic E-state index is 12.0. The van der Waals surface area contributed by atoms with Crippen molar-refractivity contribution in [3.05, 3.63) is 35.0 Å². The highest BCUT2D eigenvalue weighted by Gasteiger charge is 2.28. The Morgan fingerprint density at radius 3 is 2.35 bits per heavy atom. The molecule has 0 aliphatic carbocycles. The molecule has 110 valence electrons. The number of amidine groups is 1. The van der Waals surface area contributed by atoms with Crippen molar-refractivity contribution in [3.8, 4) is 0 Å². The standard InChI is InChI=1S/C13H19N3O3S/c1-8(2)16-12(17)7-6-11(9(3)14)13(16)15-10(4)20(5,18)19/h6-8H,4,14H2,1-3,5H3/b11-9-,15-13+. The highest BCUT2D eigenvalue weighted by Crippen LogP contribution is 2.20. The number of carbonyl (C=O) groups excluding carboxylic acids is 1. The quantitative estimate of drug-likeness (QED) is 0.839. The summed E-state index contributed by atoms with van der Waals surface area (Å²) < 4.78 is 22.9. The third kappa shape index (κ3) is 3.36. The number of hydrogen-bond acceptors (Lipinski definition) is 5. The van der Waals surface area contributed by atoms with Gasteiger partial charge < -0.3 is 5.73 Å². The topological polar surface area (TPSA) is 92.8 Å². The third-order valence-electron chi connectivity index (χ3n) is 2.70. The largest absolute Gasteiger partial charge is 0.402 e. The van der Waals surface area contributed by atoms with E-state index in [2.05, 4.69) is 11.6 Å². The summed E-state index contributed by atoms with van der Waals surface area (Å²) >= 11 is 0. The summed E-state index contributed by atoms with van der Waals surface area (Å²) in [6.45, 7) is 8.70. The van der Waals surface area contributed by atoms with Gasteiger partial charge in [0, 0.05) is 29.6 Å². The van der Waals surface area contributed by atoms with E-state index in [4.69, 9.17) is 5.73 Å². The van der Waals surface area contributed by atoms with Crippen LogP contribution in [0.15, 0.2) is 40.0 Å².